The lowest BCUT2D eigenvalue weighted by Gasteiger charge is -2.44. The van der Waals surface area contributed by atoms with E-state index in [1.165, 1.54) is 8.61 Å². The van der Waals surface area contributed by atoms with Gasteiger partial charge < -0.3 is 4.74 Å². The van der Waals surface area contributed by atoms with Gasteiger partial charge in [0.1, 0.15) is 0 Å². The molecule has 156 valence electrons. The number of ether oxygens (including phenoxy) is 1. The van der Waals surface area contributed by atoms with Crippen molar-refractivity contribution < 1.29 is 21.6 Å². The fraction of sp³-hybridized carbons (Fsp3) is 0.400. The van der Waals surface area contributed by atoms with Gasteiger partial charge in [0.2, 0.25) is 20.0 Å². The summed E-state index contributed by atoms with van der Waals surface area (Å²) in [4.78, 5) is 0.486. The molecule has 0 amide bonds. The largest absolute Gasteiger partial charge is 0.369 e. The summed E-state index contributed by atoms with van der Waals surface area (Å²) in [6.07, 6.45) is -0.995. The first-order valence-electron chi connectivity index (χ1n) is 9.45. The molecule has 0 unspecified atom stereocenters. The summed E-state index contributed by atoms with van der Waals surface area (Å²) in [7, 11) is -7.29. The molecule has 0 N–H and O–H groups in total. The number of hydrogen-bond acceptors (Lipinski definition) is 5. The number of benzene rings is 2. The maximum absolute atomic E-state index is 13.0. The molecule has 2 aliphatic heterocycles. The van der Waals surface area contributed by atoms with Crippen LogP contribution in [0.3, 0.4) is 0 Å². The second-order valence-electron chi connectivity index (χ2n) is 7.65. The van der Waals surface area contributed by atoms with Crippen LogP contribution in [-0.4, -0.2) is 63.8 Å². The Hall–Kier alpha value is -1.78. The Bertz CT molecular complexity index is 995. The van der Waals surface area contributed by atoms with Gasteiger partial charge in [-0.2, -0.15) is 8.61 Å². The molecule has 2 aromatic rings. The van der Waals surface area contributed by atoms with Crippen LogP contribution in [0.2, 0.25) is 0 Å². The minimum Gasteiger partial charge on any atom is -0.369 e. The molecule has 2 aromatic carbocycles. The van der Waals surface area contributed by atoms with Crippen molar-refractivity contribution in [2.45, 2.75) is 35.8 Å². The van der Waals surface area contributed by atoms with Crippen molar-refractivity contribution >= 4 is 20.0 Å². The van der Waals surface area contributed by atoms with E-state index in [0.29, 0.717) is 0 Å². The standard InChI is InChI=1S/C20H24N2O5S2/c1-15-3-7-19(8-4-15)28(23,24)21-11-17-13-22(14-18(12-21)27-17)29(25,26)20-9-5-16(2)6-10-20/h3-10,17-18H,11-14H2,1-2H3. The summed E-state index contributed by atoms with van der Waals surface area (Å²) >= 11 is 0. The van der Waals surface area contributed by atoms with Crippen molar-refractivity contribution in [1.29, 1.82) is 0 Å². The van der Waals surface area contributed by atoms with E-state index in [0.717, 1.165) is 11.1 Å². The van der Waals surface area contributed by atoms with Crippen LogP contribution in [0.5, 0.6) is 0 Å². The van der Waals surface area contributed by atoms with Crippen molar-refractivity contribution in [3.63, 3.8) is 0 Å². The molecule has 7 nitrogen and oxygen atoms in total. The van der Waals surface area contributed by atoms with Crippen LogP contribution in [0.4, 0.5) is 0 Å². The van der Waals surface area contributed by atoms with Gasteiger partial charge in [0.05, 0.1) is 22.0 Å². The summed E-state index contributed by atoms with van der Waals surface area (Å²) in [5, 5.41) is 0. The fourth-order valence-corrected chi connectivity index (χ4v) is 6.73. The van der Waals surface area contributed by atoms with E-state index in [1.807, 2.05) is 13.8 Å². The number of nitrogens with zero attached hydrogens (tertiary/aromatic N) is 2. The molecule has 0 spiro atoms. The number of rotatable bonds is 4. The van der Waals surface area contributed by atoms with Crippen LogP contribution < -0.4 is 0 Å². The molecule has 0 radical (unpaired) electrons. The Morgan fingerprint density at radius 3 is 1.28 bits per heavy atom. The number of hydrogen-bond donors (Lipinski definition) is 0. The molecule has 2 heterocycles. The molecule has 2 bridgehead atoms. The Morgan fingerprint density at radius 2 is 0.966 bits per heavy atom. The molecule has 2 saturated heterocycles. The van der Waals surface area contributed by atoms with Crippen LogP contribution in [0, 0.1) is 13.8 Å². The second-order valence-corrected chi connectivity index (χ2v) is 11.5. The molecule has 9 heteroatoms. The predicted molar refractivity (Wildman–Crippen MR) is 109 cm³/mol. The maximum Gasteiger partial charge on any atom is 0.243 e. The normalized spacial score (nSPS) is 23.8. The molecule has 0 atom stereocenters. The molecule has 4 rings (SSSR count). The molecular weight excluding hydrogens is 412 g/mol. The first-order chi connectivity index (χ1) is 13.7. The number of morpholine rings is 2. The zero-order chi connectivity index (χ0) is 20.8. The van der Waals surface area contributed by atoms with Gasteiger partial charge in [0.25, 0.3) is 0 Å². The van der Waals surface area contributed by atoms with E-state index >= 15 is 0 Å². The van der Waals surface area contributed by atoms with E-state index in [-0.39, 0.29) is 36.0 Å². The molecular formula is C20H24N2O5S2. The van der Waals surface area contributed by atoms with Gasteiger partial charge in [-0.05, 0) is 38.1 Å². The van der Waals surface area contributed by atoms with Crippen molar-refractivity contribution in [2.24, 2.45) is 0 Å². The van der Waals surface area contributed by atoms with Gasteiger partial charge in [-0.3, -0.25) is 0 Å². The smallest absolute Gasteiger partial charge is 0.243 e. The van der Waals surface area contributed by atoms with Crippen molar-refractivity contribution in [1.82, 2.24) is 8.61 Å². The van der Waals surface area contributed by atoms with Crippen LogP contribution in [0.15, 0.2) is 58.3 Å². The van der Waals surface area contributed by atoms with Crippen LogP contribution >= 0.6 is 0 Å². The summed E-state index contributed by atoms with van der Waals surface area (Å²) < 4.78 is 60.7. The lowest BCUT2D eigenvalue weighted by molar-refractivity contribution is -0.104. The monoisotopic (exact) mass is 436 g/mol. The first kappa shape index (κ1) is 20.5. The van der Waals surface area contributed by atoms with Gasteiger partial charge in [0, 0.05) is 26.2 Å². The van der Waals surface area contributed by atoms with E-state index in [2.05, 4.69) is 0 Å². The third-order valence-electron chi connectivity index (χ3n) is 5.33. The minimum absolute atomic E-state index is 0.132. The van der Waals surface area contributed by atoms with Crippen molar-refractivity contribution in [2.75, 3.05) is 26.2 Å². The van der Waals surface area contributed by atoms with Crippen LogP contribution in [0.25, 0.3) is 0 Å². The highest BCUT2D eigenvalue weighted by molar-refractivity contribution is 7.89. The zero-order valence-electron chi connectivity index (χ0n) is 16.4. The third kappa shape index (κ3) is 3.97. The highest BCUT2D eigenvalue weighted by Crippen LogP contribution is 2.28. The fourth-order valence-electron chi connectivity index (χ4n) is 3.73. The zero-order valence-corrected chi connectivity index (χ0v) is 18.0. The van der Waals surface area contributed by atoms with Gasteiger partial charge >= 0.3 is 0 Å². The Morgan fingerprint density at radius 1 is 0.655 bits per heavy atom. The quantitative estimate of drug-likeness (QED) is 0.729. The van der Waals surface area contributed by atoms with Gasteiger partial charge in [-0.15, -0.1) is 0 Å². The highest BCUT2D eigenvalue weighted by atomic mass is 32.2. The molecule has 0 aromatic heterocycles. The lowest BCUT2D eigenvalue weighted by atomic mass is 10.2. The lowest BCUT2D eigenvalue weighted by Crippen LogP contribution is -2.61. The van der Waals surface area contributed by atoms with Crippen molar-refractivity contribution in [3.05, 3.63) is 59.7 Å². The minimum atomic E-state index is -3.65. The highest BCUT2D eigenvalue weighted by Gasteiger charge is 2.43. The van der Waals surface area contributed by atoms with Gasteiger partial charge in [-0.1, -0.05) is 35.4 Å². The second kappa shape index (κ2) is 7.48. The average Bonchev–Trinajstić information content (AvgIpc) is 2.68. The number of sulfonamides is 2. The molecule has 2 aliphatic rings. The van der Waals surface area contributed by atoms with E-state index in [9.17, 15) is 16.8 Å². The van der Waals surface area contributed by atoms with E-state index in [4.69, 9.17) is 4.74 Å². The topological polar surface area (TPSA) is 84.0 Å². The summed E-state index contributed by atoms with van der Waals surface area (Å²) in [6, 6.07) is 13.5. The maximum atomic E-state index is 13.0. The SMILES string of the molecule is Cc1ccc(S(=O)(=O)N2CC3CN(S(=O)(=O)c4ccc(C)cc4)CC(C2)O3)cc1. The summed E-state index contributed by atoms with van der Waals surface area (Å²) in [5.41, 5.74) is 1.97. The van der Waals surface area contributed by atoms with Crippen LogP contribution in [0.1, 0.15) is 11.1 Å². The molecule has 29 heavy (non-hydrogen) atoms. The number of aryl methyl sites for hydroxylation is 2. The summed E-state index contributed by atoms with van der Waals surface area (Å²) in [6.45, 7) is 4.33. The summed E-state index contributed by atoms with van der Waals surface area (Å²) in [5.74, 6) is 0. The Labute approximate surface area is 172 Å². The van der Waals surface area contributed by atoms with E-state index < -0.39 is 32.3 Å². The molecule has 2 fully saturated rings. The van der Waals surface area contributed by atoms with Crippen molar-refractivity contribution in [3.8, 4) is 0 Å². The van der Waals surface area contributed by atoms with Gasteiger partial charge in [0.15, 0.2) is 0 Å². The van der Waals surface area contributed by atoms with Crippen LogP contribution in [-0.2, 0) is 24.8 Å². The third-order valence-corrected chi connectivity index (χ3v) is 9.02. The van der Waals surface area contributed by atoms with Gasteiger partial charge in [-0.25, -0.2) is 16.8 Å². The van der Waals surface area contributed by atoms with E-state index in [1.54, 1.807) is 48.5 Å². The first-order valence-corrected chi connectivity index (χ1v) is 12.3. The molecule has 0 saturated carbocycles. The Kier molecular flexibility index (Phi) is 5.28. The average molecular weight is 437 g/mol. The number of fused-ring (bicyclic) bond motifs is 2. The molecule has 0 aliphatic carbocycles. The predicted octanol–water partition coefficient (Wildman–Crippen LogP) is 1.77. The Balaban J connectivity index is 1.53.